The van der Waals surface area contributed by atoms with Crippen molar-refractivity contribution in [2.24, 2.45) is 5.92 Å². The zero-order valence-corrected chi connectivity index (χ0v) is 13.4. The average molecular weight is 294 g/mol. The van der Waals surface area contributed by atoms with Crippen LogP contribution in [0.1, 0.15) is 45.7 Å². The number of nitrogens with zero attached hydrogens (tertiary/aromatic N) is 3. The zero-order valence-electron chi connectivity index (χ0n) is 13.4. The summed E-state index contributed by atoms with van der Waals surface area (Å²) in [5, 5.41) is 3.56. The number of halogens is 1. The molecule has 0 aliphatic carbocycles. The molecule has 1 N–H and O–H groups in total. The summed E-state index contributed by atoms with van der Waals surface area (Å²) in [6, 6.07) is 0.461. The third kappa shape index (κ3) is 3.90. The monoisotopic (exact) mass is 294 g/mol. The molecule has 2 atom stereocenters. The Labute approximate surface area is 127 Å². The van der Waals surface area contributed by atoms with Gasteiger partial charge in [-0.2, -0.15) is 0 Å². The summed E-state index contributed by atoms with van der Waals surface area (Å²) in [5.41, 5.74) is 0.513. The molecule has 0 saturated carbocycles. The molecule has 1 aromatic heterocycles. The third-order valence-corrected chi connectivity index (χ3v) is 4.36. The van der Waals surface area contributed by atoms with Crippen LogP contribution in [0, 0.1) is 11.7 Å². The number of hydrogen-bond donors (Lipinski definition) is 1. The summed E-state index contributed by atoms with van der Waals surface area (Å²) < 4.78 is 14.4. The lowest BCUT2D eigenvalue weighted by atomic mass is 9.91. The highest BCUT2D eigenvalue weighted by Crippen LogP contribution is 2.26. The van der Waals surface area contributed by atoms with E-state index in [0.717, 1.165) is 32.5 Å². The van der Waals surface area contributed by atoms with E-state index in [0.29, 0.717) is 29.9 Å². The fourth-order valence-electron chi connectivity index (χ4n) is 3.01. The minimum absolute atomic E-state index is 0.241. The molecule has 0 spiro atoms. The van der Waals surface area contributed by atoms with Crippen LogP contribution in [0.4, 0.5) is 10.2 Å². The van der Waals surface area contributed by atoms with Crippen molar-refractivity contribution in [1.82, 2.24) is 15.3 Å². The highest BCUT2D eigenvalue weighted by atomic mass is 19.1. The Bertz CT molecular complexity index is 452. The molecule has 0 radical (unpaired) electrons. The summed E-state index contributed by atoms with van der Waals surface area (Å²) in [5.74, 6) is 0.786. The van der Waals surface area contributed by atoms with Gasteiger partial charge in [0.25, 0.3) is 0 Å². The van der Waals surface area contributed by atoms with Gasteiger partial charge >= 0.3 is 0 Å². The van der Waals surface area contributed by atoms with Crippen LogP contribution >= 0.6 is 0 Å². The van der Waals surface area contributed by atoms with E-state index in [1.54, 1.807) is 0 Å². The molecule has 2 heterocycles. The van der Waals surface area contributed by atoms with Crippen molar-refractivity contribution >= 4 is 5.82 Å². The van der Waals surface area contributed by atoms with Gasteiger partial charge < -0.3 is 10.2 Å². The van der Waals surface area contributed by atoms with Gasteiger partial charge in [0.2, 0.25) is 0 Å². The Balaban J connectivity index is 2.07. The second-order valence-corrected chi connectivity index (χ2v) is 5.90. The summed E-state index contributed by atoms with van der Waals surface area (Å²) in [6.07, 6.45) is 5.52. The molecule has 0 amide bonds. The van der Waals surface area contributed by atoms with Gasteiger partial charge in [-0.3, -0.25) is 0 Å². The SMILES string of the molecule is CCCNC(C)C1CCCN(c2ncnc(CC)c2F)C1. The van der Waals surface area contributed by atoms with Crippen molar-refractivity contribution in [3.8, 4) is 0 Å². The van der Waals surface area contributed by atoms with Crippen molar-refractivity contribution in [2.45, 2.75) is 52.5 Å². The first-order valence-corrected chi connectivity index (χ1v) is 8.15. The molecule has 1 aliphatic rings. The van der Waals surface area contributed by atoms with Gasteiger partial charge in [-0.15, -0.1) is 0 Å². The van der Waals surface area contributed by atoms with E-state index in [-0.39, 0.29) is 5.82 Å². The minimum Gasteiger partial charge on any atom is -0.354 e. The van der Waals surface area contributed by atoms with Crippen LogP contribution in [0.3, 0.4) is 0 Å². The summed E-state index contributed by atoms with van der Waals surface area (Å²) in [7, 11) is 0. The number of rotatable bonds is 6. The van der Waals surface area contributed by atoms with Crippen LogP contribution in [0.5, 0.6) is 0 Å². The molecule has 1 aliphatic heterocycles. The van der Waals surface area contributed by atoms with Crippen molar-refractivity contribution < 1.29 is 4.39 Å². The first kappa shape index (κ1) is 16.1. The largest absolute Gasteiger partial charge is 0.354 e. The van der Waals surface area contributed by atoms with E-state index in [4.69, 9.17) is 0 Å². The third-order valence-electron chi connectivity index (χ3n) is 4.36. The zero-order chi connectivity index (χ0) is 15.2. The first-order valence-electron chi connectivity index (χ1n) is 8.15. The van der Waals surface area contributed by atoms with Crippen molar-refractivity contribution in [3.05, 3.63) is 17.8 Å². The number of aryl methyl sites for hydroxylation is 1. The lowest BCUT2D eigenvalue weighted by Gasteiger charge is -2.37. The van der Waals surface area contributed by atoms with Crippen LogP contribution in [-0.4, -0.2) is 35.6 Å². The highest BCUT2D eigenvalue weighted by molar-refractivity contribution is 5.41. The Morgan fingerprint density at radius 3 is 2.95 bits per heavy atom. The Morgan fingerprint density at radius 2 is 2.24 bits per heavy atom. The molecule has 21 heavy (non-hydrogen) atoms. The van der Waals surface area contributed by atoms with Crippen LogP contribution in [0.15, 0.2) is 6.33 Å². The Kier molecular flexibility index (Phi) is 5.91. The van der Waals surface area contributed by atoms with Gasteiger partial charge in [-0.1, -0.05) is 13.8 Å². The molecular weight excluding hydrogens is 267 g/mol. The number of piperidine rings is 1. The van der Waals surface area contributed by atoms with E-state index in [9.17, 15) is 4.39 Å². The second kappa shape index (κ2) is 7.69. The van der Waals surface area contributed by atoms with Gasteiger partial charge in [-0.05, 0) is 45.1 Å². The Hall–Kier alpha value is -1.23. The maximum absolute atomic E-state index is 14.4. The van der Waals surface area contributed by atoms with Gasteiger partial charge in [0, 0.05) is 19.1 Å². The molecule has 2 rings (SSSR count). The maximum Gasteiger partial charge on any atom is 0.187 e. The lowest BCUT2D eigenvalue weighted by molar-refractivity contribution is 0.318. The summed E-state index contributed by atoms with van der Waals surface area (Å²) in [6.45, 7) is 9.13. The molecule has 4 nitrogen and oxygen atoms in total. The standard InChI is InChI=1S/C16H27FN4/c1-4-8-18-12(3)13-7-6-9-21(10-13)16-15(17)14(5-2)19-11-20-16/h11-13,18H,4-10H2,1-3H3. The van der Waals surface area contributed by atoms with E-state index in [2.05, 4.69) is 34.0 Å². The molecular formula is C16H27FN4. The van der Waals surface area contributed by atoms with Crippen LogP contribution in [0.25, 0.3) is 0 Å². The van der Waals surface area contributed by atoms with Crippen molar-refractivity contribution in [1.29, 1.82) is 0 Å². The van der Waals surface area contributed by atoms with Gasteiger partial charge in [0.15, 0.2) is 11.6 Å². The molecule has 0 bridgehead atoms. The van der Waals surface area contributed by atoms with Gasteiger partial charge in [0.1, 0.15) is 6.33 Å². The lowest BCUT2D eigenvalue weighted by Crippen LogP contribution is -2.45. The Morgan fingerprint density at radius 1 is 1.43 bits per heavy atom. The van der Waals surface area contributed by atoms with E-state index in [1.807, 2.05) is 6.92 Å². The predicted molar refractivity (Wildman–Crippen MR) is 84.1 cm³/mol. The molecule has 1 fully saturated rings. The average Bonchev–Trinajstić information content (AvgIpc) is 2.53. The molecule has 1 aromatic rings. The van der Waals surface area contributed by atoms with Crippen LogP contribution in [-0.2, 0) is 6.42 Å². The van der Waals surface area contributed by atoms with Crippen molar-refractivity contribution in [2.75, 3.05) is 24.5 Å². The molecule has 2 unspecified atom stereocenters. The van der Waals surface area contributed by atoms with E-state index >= 15 is 0 Å². The number of aromatic nitrogens is 2. The van der Waals surface area contributed by atoms with Crippen molar-refractivity contribution in [3.63, 3.8) is 0 Å². The van der Waals surface area contributed by atoms with Crippen LogP contribution < -0.4 is 10.2 Å². The molecule has 1 saturated heterocycles. The highest BCUT2D eigenvalue weighted by Gasteiger charge is 2.27. The predicted octanol–water partition coefficient (Wildman–Crippen LogP) is 2.78. The fourth-order valence-corrected chi connectivity index (χ4v) is 3.01. The smallest absolute Gasteiger partial charge is 0.187 e. The maximum atomic E-state index is 14.4. The van der Waals surface area contributed by atoms with Gasteiger partial charge in [-0.25, -0.2) is 14.4 Å². The van der Waals surface area contributed by atoms with E-state index in [1.165, 1.54) is 12.7 Å². The quantitative estimate of drug-likeness (QED) is 0.876. The summed E-state index contributed by atoms with van der Waals surface area (Å²) in [4.78, 5) is 10.3. The number of nitrogens with one attached hydrogen (secondary N) is 1. The minimum atomic E-state index is -0.241. The first-order chi connectivity index (χ1) is 10.2. The molecule has 0 aromatic carbocycles. The fraction of sp³-hybridized carbons (Fsp3) is 0.750. The van der Waals surface area contributed by atoms with E-state index < -0.39 is 0 Å². The number of anilines is 1. The topological polar surface area (TPSA) is 41.0 Å². The van der Waals surface area contributed by atoms with Gasteiger partial charge in [0.05, 0.1) is 5.69 Å². The number of hydrogen-bond acceptors (Lipinski definition) is 4. The molecule has 118 valence electrons. The second-order valence-electron chi connectivity index (χ2n) is 5.90. The summed E-state index contributed by atoms with van der Waals surface area (Å²) >= 11 is 0. The molecule has 5 heteroatoms. The normalized spacial score (nSPS) is 20.6. The van der Waals surface area contributed by atoms with Crippen LogP contribution in [0.2, 0.25) is 0 Å².